The van der Waals surface area contributed by atoms with E-state index in [-0.39, 0.29) is 5.91 Å². The number of nitrogens with zero attached hydrogens (tertiary/aromatic N) is 2. The number of hydrogen-bond donors (Lipinski definition) is 0. The van der Waals surface area contributed by atoms with Crippen molar-refractivity contribution in [3.8, 4) is 17.2 Å². The molecule has 0 aliphatic carbocycles. The molecule has 0 bridgehead atoms. The Morgan fingerprint density at radius 1 is 1.04 bits per heavy atom. The Balaban J connectivity index is 1.37. The lowest BCUT2D eigenvalue weighted by Gasteiger charge is -2.35. The first-order chi connectivity index (χ1) is 13.6. The minimum atomic E-state index is -0.0432. The van der Waals surface area contributed by atoms with Crippen molar-refractivity contribution in [3.05, 3.63) is 52.5 Å². The SMILES string of the molecule is COc1ccc(Cl)cc1C(=O)N1CCN(Cc2ccc3c(c2)OCCO3)CC1. The molecule has 7 heteroatoms. The van der Waals surface area contributed by atoms with Gasteiger partial charge in [0.1, 0.15) is 19.0 Å². The second-order valence-corrected chi connectivity index (χ2v) is 7.33. The molecular formula is C21H23ClN2O4. The summed E-state index contributed by atoms with van der Waals surface area (Å²) in [5.41, 5.74) is 1.69. The monoisotopic (exact) mass is 402 g/mol. The maximum atomic E-state index is 12.9. The van der Waals surface area contributed by atoms with Crippen molar-refractivity contribution in [2.45, 2.75) is 6.54 Å². The van der Waals surface area contributed by atoms with Gasteiger partial charge in [0.05, 0.1) is 12.7 Å². The average molecular weight is 403 g/mol. The van der Waals surface area contributed by atoms with Crippen molar-refractivity contribution in [1.29, 1.82) is 0 Å². The highest BCUT2D eigenvalue weighted by Gasteiger charge is 2.25. The normalized spacial score (nSPS) is 16.7. The van der Waals surface area contributed by atoms with Crippen molar-refractivity contribution in [2.24, 2.45) is 0 Å². The van der Waals surface area contributed by atoms with Crippen molar-refractivity contribution in [3.63, 3.8) is 0 Å². The van der Waals surface area contributed by atoms with Crippen LogP contribution in [0, 0.1) is 0 Å². The summed E-state index contributed by atoms with van der Waals surface area (Å²) in [5.74, 6) is 2.12. The molecule has 0 N–H and O–H groups in total. The van der Waals surface area contributed by atoms with Crippen LogP contribution in [0.2, 0.25) is 5.02 Å². The van der Waals surface area contributed by atoms with E-state index in [1.165, 1.54) is 5.56 Å². The highest BCUT2D eigenvalue weighted by Crippen LogP contribution is 2.31. The van der Waals surface area contributed by atoms with Crippen LogP contribution in [0.25, 0.3) is 0 Å². The molecule has 2 heterocycles. The lowest BCUT2D eigenvalue weighted by Crippen LogP contribution is -2.48. The van der Waals surface area contributed by atoms with E-state index in [4.69, 9.17) is 25.8 Å². The van der Waals surface area contributed by atoms with Gasteiger partial charge in [0, 0.05) is 37.7 Å². The summed E-state index contributed by atoms with van der Waals surface area (Å²) in [5, 5.41) is 0.529. The summed E-state index contributed by atoms with van der Waals surface area (Å²) in [7, 11) is 1.56. The van der Waals surface area contributed by atoms with Crippen LogP contribution in [-0.2, 0) is 6.54 Å². The number of benzene rings is 2. The van der Waals surface area contributed by atoms with E-state index in [0.717, 1.165) is 31.1 Å². The van der Waals surface area contributed by atoms with Crippen LogP contribution < -0.4 is 14.2 Å². The Labute approximate surface area is 169 Å². The van der Waals surface area contributed by atoms with E-state index in [1.807, 2.05) is 17.0 Å². The van der Waals surface area contributed by atoms with Crippen LogP contribution in [0.4, 0.5) is 0 Å². The average Bonchev–Trinajstić information content (AvgIpc) is 2.73. The minimum absolute atomic E-state index is 0.0432. The van der Waals surface area contributed by atoms with Crippen LogP contribution in [0.1, 0.15) is 15.9 Å². The molecule has 6 nitrogen and oxygen atoms in total. The van der Waals surface area contributed by atoms with Gasteiger partial charge in [-0.15, -0.1) is 0 Å². The zero-order chi connectivity index (χ0) is 19.5. The third-order valence-electron chi connectivity index (χ3n) is 5.06. The third kappa shape index (κ3) is 4.03. The molecule has 2 aromatic rings. The van der Waals surface area contributed by atoms with Gasteiger partial charge in [0.15, 0.2) is 11.5 Å². The van der Waals surface area contributed by atoms with Gasteiger partial charge in [0.2, 0.25) is 0 Å². The number of fused-ring (bicyclic) bond motifs is 1. The van der Waals surface area contributed by atoms with E-state index < -0.39 is 0 Å². The Morgan fingerprint density at radius 2 is 1.79 bits per heavy atom. The molecule has 1 fully saturated rings. The van der Waals surface area contributed by atoms with Crippen LogP contribution in [0.3, 0.4) is 0 Å². The Hall–Kier alpha value is -2.44. The van der Waals surface area contributed by atoms with E-state index in [9.17, 15) is 4.79 Å². The predicted molar refractivity (Wildman–Crippen MR) is 107 cm³/mol. The molecule has 28 heavy (non-hydrogen) atoms. The van der Waals surface area contributed by atoms with Crippen molar-refractivity contribution < 1.29 is 19.0 Å². The largest absolute Gasteiger partial charge is 0.496 e. The zero-order valence-electron chi connectivity index (χ0n) is 15.8. The Kier molecular flexibility index (Phi) is 5.59. The van der Waals surface area contributed by atoms with Crippen LogP contribution >= 0.6 is 11.6 Å². The summed E-state index contributed by atoms with van der Waals surface area (Å²) in [6, 6.07) is 11.2. The summed E-state index contributed by atoms with van der Waals surface area (Å²) in [6.45, 7) is 4.95. The Bertz CT molecular complexity index is 865. The number of ether oxygens (including phenoxy) is 3. The van der Waals surface area contributed by atoms with Crippen molar-refractivity contribution >= 4 is 17.5 Å². The molecule has 0 unspecified atom stereocenters. The number of amides is 1. The second kappa shape index (κ2) is 8.29. The topological polar surface area (TPSA) is 51.2 Å². The molecule has 1 amide bonds. The lowest BCUT2D eigenvalue weighted by atomic mass is 10.1. The molecule has 2 aliphatic heterocycles. The van der Waals surface area contributed by atoms with Crippen LogP contribution in [0.15, 0.2) is 36.4 Å². The first-order valence-corrected chi connectivity index (χ1v) is 9.75. The molecule has 2 aromatic carbocycles. The number of carbonyl (C=O) groups excluding carboxylic acids is 1. The summed E-state index contributed by atoms with van der Waals surface area (Å²) < 4.78 is 16.6. The van der Waals surface area contributed by atoms with Gasteiger partial charge in [-0.3, -0.25) is 9.69 Å². The standard InChI is InChI=1S/C21H23ClN2O4/c1-26-18-5-3-16(22)13-17(18)21(25)24-8-6-23(7-9-24)14-15-2-4-19-20(12-15)28-11-10-27-19/h2-5,12-13H,6-11,14H2,1H3. The van der Waals surface area contributed by atoms with Crippen LogP contribution in [-0.4, -0.2) is 62.2 Å². The fourth-order valence-corrected chi connectivity index (χ4v) is 3.74. The van der Waals surface area contributed by atoms with Crippen LogP contribution in [0.5, 0.6) is 17.2 Å². The highest BCUT2D eigenvalue weighted by molar-refractivity contribution is 6.31. The molecule has 0 saturated carbocycles. The summed E-state index contributed by atoms with van der Waals surface area (Å²) in [4.78, 5) is 17.1. The van der Waals surface area contributed by atoms with Gasteiger partial charge < -0.3 is 19.1 Å². The fraction of sp³-hybridized carbons (Fsp3) is 0.381. The minimum Gasteiger partial charge on any atom is -0.496 e. The van der Waals surface area contributed by atoms with E-state index in [2.05, 4.69) is 11.0 Å². The first kappa shape index (κ1) is 18.9. The van der Waals surface area contributed by atoms with E-state index >= 15 is 0 Å². The molecular weight excluding hydrogens is 380 g/mol. The third-order valence-corrected chi connectivity index (χ3v) is 5.30. The summed E-state index contributed by atoms with van der Waals surface area (Å²) in [6.07, 6.45) is 0. The first-order valence-electron chi connectivity index (χ1n) is 9.38. The van der Waals surface area contributed by atoms with E-state index in [0.29, 0.717) is 42.6 Å². The van der Waals surface area contributed by atoms with E-state index in [1.54, 1.807) is 25.3 Å². The molecule has 0 aromatic heterocycles. The van der Waals surface area contributed by atoms with Gasteiger partial charge >= 0.3 is 0 Å². The quantitative estimate of drug-likeness (QED) is 0.786. The number of hydrogen-bond acceptors (Lipinski definition) is 5. The molecule has 0 atom stereocenters. The summed E-state index contributed by atoms with van der Waals surface area (Å²) >= 11 is 6.07. The highest BCUT2D eigenvalue weighted by atomic mass is 35.5. The molecule has 1 saturated heterocycles. The zero-order valence-corrected chi connectivity index (χ0v) is 16.6. The molecule has 2 aliphatic rings. The van der Waals surface area contributed by atoms with Crippen molar-refractivity contribution in [2.75, 3.05) is 46.5 Å². The van der Waals surface area contributed by atoms with Gasteiger partial charge in [-0.1, -0.05) is 17.7 Å². The van der Waals surface area contributed by atoms with Gasteiger partial charge in [-0.2, -0.15) is 0 Å². The number of carbonyl (C=O) groups is 1. The van der Waals surface area contributed by atoms with Crippen molar-refractivity contribution in [1.82, 2.24) is 9.80 Å². The molecule has 0 radical (unpaired) electrons. The fourth-order valence-electron chi connectivity index (χ4n) is 3.57. The number of methoxy groups -OCH3 is 1. The van der Waals surface area contributed by atoms with Gasteiger partial charge in [0.25, 0.3) is 5.91 Å². The smallest absolute Gasteiger partial charge is 0.257 e. The molecule has 148 valence electrons. The van der Waals surface area contributed by atoms with Gasteiger partial charge in [-0.25, -0.2) is 0 Å². The number of rotatable bonds is 4. The maximum absolute atomic E-state index is 12.9. The number of halogens is 1. The molecule has 0 spiro atoms. The second-order valence-electron chi connectivity index (χ2n) is 6.89. The molecule has 4 rings (SSSR count). The van der Waals surface area contributed by atoms with Gasteiger partial charge in [-0.05, 0) is 35.9 Å². The predicted octanol–water partition coefficient (Wildman–Crippen LogP) is 3.08. The maximum Gasteiger partial charge on any atom is 0.257 e. The lowest BCUT2D eigenvalue weighted by molar-refractivity contribution is 0.0625. The Morgan fingerprint density at radius 3 is 2.54 bits per heavy atom. The number of piperazine rings is 1.